The molecule has 3 N–H and O–H groups in total. The second-order valence-corrected chi connectivity index (χ2v) is 8.15. The standard InChI is InChI=1S/C22H30N4OS.HI/c1-2-23-22(24-13-12-20-11-6-14-28-20)25-16-17-7-5-10-19(15-17)26-21(27)18-8-3-4-9-18;/h5-7,10-11,14-15,18H,2-4,8-9,12-13,16H2,1H3,(H,26,27)(H2,23,24,25);1H. The number of carbonyl (C=O) groups excluding carboxylic acids is 1. The van der Waals surface area contributed by atoms with Crippen molar-refractivity contribution >= 4 is 52.9 Å². The molecule has 1 heterocycles. The minimum Gasteiger partial charge on any atom is -0.357 e. The third-order valence-electron chi connectivity index (χ3n) is 4.93. The van der Waals surface area contributed by atoms with Crippen molar-refractivity contribution in [2.75, 3.05) is 18.4 Å². The van der Waals surface area contributed by atoms with Gasteiger partial charge in [0.1, 0.15) is 0 Å². The predicted molar refractivity (Wildman–Crippen MR) is 133 cm³/mol. The van der Waals surface area contributed by atoms with Crippen molar-refractivity contribution in [3.8, 4) is 0 Å². The first-order valence-corrected chi connectivity index (χ1v) is 11.1. The van der Waals surface area contributed by atoms with Crippen LogP contribution in [0.4, 0.5) is 5.69 Å². The van der Waals surface area contributed by atoms with Gasteiger partial charge < -0.3 is 16.0 Å². The third kappa shape index (κ3) is 7.97. The first kappa shape index (κ1) is 23.7. The van der Waals surface area contributed by atoms with Crippen molar-refractivity contribution < 1.29 is 4.79 Å². The lowest BCUT2D eigenvalue weighted by molar-refractivity contribution is -0.119. The number of aliphatic imine (C=N–C) groups is 1. The number of thiophene rings is 1. The molecule has 0 unspecified atom stereocenters. The highest BCUT2D eigenvalue weighted by molar-refractivity contribution is 14.0. The molecule has 1 fully saturated rings. The van der Waals surface area contributed by atoms with Crippen molar-refractivity contribution in [1.82, 2.24) is 10.6 Å². The van der Waals surface area contributed by atoms with Crippen molar-refractivity contribution in [2.45, 2.75) is 45.6 Å². The molecule has 29 heavy (non-hydrogen) atoms. The Kier molecular flexibility index (Phi) is 10.5. The van der Waals surface area contributed by atoms with E-state index < -0.39 is 0 Å². The Bertz CT molecular complexity index is 773. The molecule has 0 bridgehead atoms. The Balaban J connectivity index is 0.00000300. The predicted octanol–water partition coefficient (Wildman–Crippen LogP) is 4.79. The van der Waals surface area contributed by atoms with Gasteiger partial charge in [-0.05, 0) is 55.3 Å². The van der Waals surface area contributed by atoms with E-state index >= 15 is 0 Å². The average molecular weight is 526 g/mol. The molecule has 2 aromatic rings. The Morgan fingerprint density at radius 3 is 2.72 bits per heavy atom. The van der Waals surface area contributed by atoms with Crippen LogP contribution < -0.4 is 16.0 Å². The Labute approximate surface area is 194 Å². The minimum atomic E-state index is 0. The second-order valence-electron chi connectivity index (χ2n) is 7.12. The van der Waals surface area contributed by atoms with Crippen LogP contribution in [0.2, 0.25) is 0 Å². The number of anilines is 1. The van der Waals surface area contributed by atoms with E-state index in [1.54, 1.807) is 11.3 Å². The van der Waals surface area contributed by atoms with Gasteiger partial charge in [0, 0.05) is 29.6 Å². The molecule has 0 aliphatic heterocycles. The molecule has 0 radical (unpaired) electrons. The summed E-state index contributed by atoms with van der Waals surface area (Å²) in [7, 11) is 0. The Morgan fingerprint density at radius 1 is 1.17 bits per heavy atom. The van der Waals surface area contributed by atoms with Gasteiger partial charge in [0.25, 0.3) is 0 Å². The summed E-state index contributed by atoms with van der Waals surface area (Å²) >= 11 is 1.78. The summed E-state index contributed by atoms with van der Waals surface area (Å²) < 4.78 is 0. The molecule has 0 spiro atoms. The van der Waals surface area contributed by atoms with Gasteiger partial charge in [0.15, 0.2) is 5.96 Å². The molecule has 7 heteroatoms. The zero-order valence-corrected chi connectivity index (χ0v) is 20.1. The first-order chi connectivity index (χ1) is 13.7. The highest BCUT2D eigenvalue weighted by Gasteiger charge is 2.22. The number of rotatable bonds is 8. The van der Waals surface area contributed by atoms with Gasteiger partial charge in [-0.2, -0.15) is 0 Å². The largest absolute Gasteiger partial charge is 0.357 e. The highest BCUT2D eigenvalue weighted by atomic mass is 127. The van der Waals surface area contributed by atoms with Crippen LogP contribution in [0.1, 0.15) is 43.0 Å². The molecule has 1 aliphatic carbocycles. The number of carbonyl (C=O) groups is 1. The van der Waals surface area contributed by atoms with E-state index in [1.165, 1.54) is 17.7 Å². The summed E-state index contributed by atoms with van der Waals surface area (Å²) in [5, 5.41) is 11.9. The minimum absolute atomic E-state index is 0. The van der Waals surface area contributed by atoms with Crippen LogP contribution in [-0.4, -0.2) is 25.0 Å². The quantitative estimate of drug-likeness (QED) is 0.263. The second kappa shape index (κ2) is 12.8. The van der Waals surface area contributed by atoms with Crippen LogP contribution in [-0.2, 0) is 17.8 Å². The average Bonchev–Trinajstić information content (AvgIpc) is 3.40. The number of guanidine groups is 1. The van der Waals surface area contributed by atoms with E-state index in [-0.39, 0.29) is 35.8 Å². The van der Waals surface area contributed by atoms with Crippen molar-refractivity contribution in [3.63, 3.8) is 0 Å². The molecule has 5 nitrogen and oxygen atoms in total. The fourth-order valence-corrected chi connectivity index (χ4v) is 4.16. The van der Waals surface area contributed by atoms with Gasteiger partial charge in [0.2, 0.25) is 5.91 Å². The van der Waals surface area contributed by atoms with E-state index in [1.807, 2.05) is 24.3 Å². The maximum absolute atomic E-state index is 12.3. The number of amides is 1. The summed E-state index contributed by atoms with van der Waals surface area (Å²) in [5.74, 6) is 1.15. The lowest BCUT2D eigenvalue weighted by Crippen LogP contribution is -2.38. The lowest BCUT2D eigenvalue weighted by atomic mass is 10.1. The van der Waals surface area contributed by atoms with Crippen LogP contribution in [0.15, 0.2) is 46.8 Å². The van der Waals surface area contributed by atoms with Crippen molar-refractivity contribution in [2.24, 2.45) is 10.9 Å². The fraction of sp³-hybridized carbons (Fsp3) is 0.455. The number of nitrogens with zero attached hydrogens (tertiary/aromatic N) is 1. The molecule has 1 aromatic carbocycles. The molecule has 158 valence electrons. The van der Waals surface area contributed by atoms with Crippen LogP contribution in [0.3, 0.4) is 0 Å². The van der Waals surface area contributed by atoms with Gasteiger partial charge in [-0.15, -0.1) is 35.3 Å². The molecular weight excluding hydrogens is 495 g/mol. The summed E-state index contributed by atoms with van der Waals surface area (Å²) in [6.07, 6.45) is 5.35. The SMILES string of the molecule is CCNC(=NCc1cccc(NC(=O)C2CCCC2)c1)NCCc1cccs1.I. The maximum Gasteiger partial charge on any atom is 0.227 e. The van der Waals surface area contributed by atoms with E-state index in [9.17, 15) is 4.79 Å². The molecular formula is C22H31IN4OS. The van der Waals surface area contributed by atoms with E-state index in [0.717, 1.165) is 49.6 Å². The topological polar surface area (TPSA) is 65.5 Å². The zero-order valence-electron chi connectivity index (χ0n) is 16.9. The zero-order chi connectivity index (χ0) is 19.6. The summed E-state index contributed by atoms with van der Waals surface area (Å²) in [6.45, 7) is 4.31. The number of benzene rings is 1. The van der Waals surface area contributed by atoms with Crippen LogP contribution in [0.25, 0.3) is 0 Å². The molecule has 0 atom stereocenters. The smallest absolute Gasteiger partial charge is 0.227 e. The van der Waals surface area contributed by atoms with Gasteiger partial charge in [-0.25, -0.2) is 4.99 Å². The van der Waals surface area contributed by atoms with Crippen LogP contribution in [0.5, 0.6) is 0 Å². The summed E-state index contributed by atoms with van der Waals surface area (Å²) in [5.41, 5.74) is 1.94. The normalized spacial score (nSPS) is 14.3. The van der Waals surface area contributed by atoms with Gasteiger partial charge >= 0.3 is 0 Å². The van der Waals surface area contributed by atoms with Crippen molar-refractivity contribution in [3.05, 3.63) is 52.2 Å². The first-order valence-electron chi connectivity index (χ1n) is 10.2. The van der Waals surface area contributed by atoms with E-state index in [4.69, 9.17) is 0 Å². The van der Waals surface area contributed by atoms with E-state index in [2.05, 4.69) is 45.4 Å². The van der Waals surface area contributed by atoms with Gasteiger partial charge in [-0.3, -0.25) is 4.79 Å². The van der Waals surface area contributed by atoms with Crippen LogP contribution in [0, 0.1) is 5.92 Å². The molecule has 1 aromatic heterocycles. The number of hydrogen-bond acceptors (Lipinski definition) is 3. The van der Waals surface area contributed by atoms with Crippen molar-refractivity contribution in [1.29, 1.82) is 0 Å². The number of hydrogen-bond donors (Lipinski definition) is 3. The van der Waals surface area contributed by atoms with Crippen LogP contribution >= 0.6 is 35.3 Å². The molecule has 1 amide bonds. The molecule has 1 saturated carbocycles. The number of nitrogens with one attached hydrogen (secondary N) is 3. The maximum atomic E-state index is 12.3. The number of halogens is 1. The summed E-state index contributed by atoms with van der Waals surface area (Å²) in [4.78, 5) is 18.4. The Morgan fingerprint density at radius 2 is 2.00 bits per heavy atom. The third-order valence-corrected chi connectivity index (χ3v) is 5.86. The highest BCUT2D eigenvalue weighted by Crippen LogP contribution is 2.26. The fourth-order valence-electron chi connectivity index (χ4n) is 3.45. The van der Waals surface area contributed by atoms with E-state index in [0.29, 0.717) is 6.54 Å². The van der Waals surface area contributed by atoms with Gasteiger partial charge in [0.05, 0.1) is 6.54 Å². The lowest BCUT2D eigenvalue weighted by Gasteiger charge is -2.12. The molecule has 3 rings (SSSR count). The van der Waals surface area contributed by atoms with Gasteiger partial charge in [-0.1, -0.05) is 31.0 Å². The molecule has 1 aliphatic rings. The molecule has 0 saturated heterocycles. The Hall–Kier alpha value is -1.61. The monoisotopic (exact) mass is 526 g/mol. The summed E-state index contributed by atoms with van der Waals surface area (Å²) in [6, 6.07) is 12.2.